The molecule has 34 heavy (non-hydrogen) atoms. The van der Waals surface area contributed by atoms with E-state index in [-0.39, 0.29) is 41.6 Å². The van der Waals surface area contributed by atoms with Gasteiger partial charge in [0.15, 0.2) is 0 Å². The van der Waals surface area contributed by atoms with Gasteiger partial charge in [-0.3, -0.25) is 9.59 Å². The molecular formula is C26H32N4O4. The maximum atomic E-state index is 13.4. The van der Waals surface area contributed by atoms with E-state index in [0.29, 0.717) is 37.6 Å². The Bertz CT molecular complexity index is 1070. The summed E-state index contributed by atoms with van der Waals surface area (Å²) in [5, 5.41) is 0. The second kappa shape index (κ2) is 11.0. The molecule has 2 atom stereocenters. The molecule has 0 bridgehead atoms. The fourth-order valence-corrected chi connectivity index (χ4v) is 4.38. The summed E-state index contributed by atoms with van der Waals surface area (Å²) in [4.78, 5) is 51.4. The van der Waals surface area contributed by atoms with E-state index < -0.39 is 5.97 Å². The van der Waals surface area contributed by atoms with E-state index in [9.17, 15) is 14.4 Å². The van der Waals surface area contributed by atoms with Crippen molar-refractivity contribution in [3.63, 3.8) is 0 Å². The maximum Gasteiger partial charge on any atom is 0.342 e. The molecule has 1 aliphatic heterocycles. The molecule has 3 rings (SSSR count). The van der Waals surface area contributed by atoms with Crippen molar-refractivity contribution in [2.75, 3.05) is 26.2 Å². The number of aromatic nitrogens is 2. The Morgan fingerprint density at radius 1 is 1.18 bits per heavy atom. The zero-order valence-electron chi connectivity index (χ0n) is 20.3. The topological polar surface area (TPSA) is 92.7 Å². The largest absolute Gasteiger partial charge is 0.458 e. The van der Waals surface area contributed by atoms with E-state index >= 15 is 0 Å². The van der Waals surface area contributed by atoms with Gasteiger partial charge in [-0.05, 0) is 32.8 Å². The minimum Gasteiger partial charge on any atom is -0.458 e. The van der Waals surface area contributed by atoms with Crippen molar-refractivity contribution in [1.29, 1.82) is 0 Å². The van der Waals surface area contributed by atoms with E-state index in [1.54, 1.807) is 18.7 Å². The van der Waals surface area contributed by atoms with Gasteiger partial charge in [-0.2, -0.15) is 0 Å². The lowest BCUT2D eigenvalue weighted by atomic mass is 9.94. The van der Waals surface area contributed by atoms with Gasteiger partial charge in [0.1, 0.15) is 23.7 Å². The van der Waals surface area contributed by atoms with Crippen LogP contribution in [0.5, 0.6) is 0 Å². The number of rotatable bonds is 7. The number of benzene rings is 1. The molecule has 180 valence electrons. The predicted molar refractivity (Wildman–Crippen MR) is 129 cm³/mol. The van der Waals surface area contributed by atoms with Crippen molar-refractivity contribution in [3.8, 4) is 0 Å². The molecule has 2 amide bonds. The van der Waals surface area contributed by atoms with Crippen LogP contribution in [-0.4, -0.2) is 69.8 Å². The third kappa shape index (κ3) is 5.32. The molecule has 2 unspecified atom stereocenters. The van der Waals surface area contributed by atoms with E-state index in [0.717, 1.165) is 5.56 Å². The number of carbonyl (C=O) groups is 3. The lowest BCUT2D eigenvalue weighted by molar-refractivity contribution is -0.137. The summed E-state index contributed by atoms with van der Waals surface area (Å²) in [6.07, 6.45) is 2.16. The SMILES string of the molecule is C=CCOC(=O)c1c(C)nc(C)nc1C(=O)N1CCN(C(=O)C(CC)c2ccccc2)C(C)C1. The lowest BCUT2D eigenvalue weighted by Crippen LogP contribution is -2.56. The van der Waals surface area contributed by atoms with Crippen LogP contribution in [0.25, 0.3) is 0 Å². The van der Waals surface area contributed by atoms with Crippen LogP contribution >= 0.6 is 0 Å². The summed E-state index contributed by atoms with van der Waals surface area (Å²) >= 11 is 0. The first-order chi connectivity index (χ1) is 16.3. The first-order valence-corrected chi connectivity index (χ1v) is 11.6. The van der Waals surface area contributed by atoms with Crippen LogP contribution in [0.3, 0.4) is 0 Å². The molecule has 1 aromatic heterocycles. The molecule has 0 saturated carbocycles. The van der Waals surface area contributed by atoms with Gasteiger partial charge in [0.2, 0.25) is 5.91 Å². The summed E-state index contributed by atoms with van der Waals surface area (Å²) in [7, 11) is 0. The van der Waals surface area contributed by atoms with E-state index in [1.165, 1.54) is 6.08 Å². The Hall–Kier alpha value is -3.55. The molecule has 8 heteroatoms. The monoisotopic (exact) mass is 464 g/mol. The molecule has 0 N–H and O–H groups in total. The molecule has 1 fully saturated rings. The lowest BCUT2D eigenvalue weighted by Gasteiger charge is -2.41. The summed E-state index contributed by atoms with van der Waals surface area (Å²) in [5.41, 5.74) is 1.48. The highest BCUT2D eigenvalue weighted by atomic mass is 16.5. The standard InChI is InChI=1S/C26H32N4O4/c1-6-15-34-26(33)22-18(4)27-19(5)28-23(22)25(32)29-13-14-30(17(3)16-29)24(31)21(7-2)20-11-9-8-10-12-20/h6,8-12,17,21H,1,7,13-16H2,2-5H3. The van der Waals surface area contributed by atoms with Crippen molar-refractivity contribution in [1.82, 2.24) is 19.8 Å². The zero-order chi connectivity index (χ0) is 24.8. The number of aryl methyl sites for hydroxylation is 2. The molecule has 0 aliphatic carbocycles. The van der Waals surface area contributed by atoms with E-state index in [4.69, 9.17) is 4.74 Å². The average molecular weight is 465 g/mol. The van der Waals surface area contributed by atoms with Gasteiger partial charge in [-0.25, -0.2) is 14.8 Å². The average Bonchev–Trinajstić information content (AvgIpc) is 2.82. The number of amides is 2. The number of esters is 1. The van der Waals surface area contributed by atoms with Crippen LogP contribution in [0.4, 0.5) is 0 Å². The zero-order valence-corrected chi connectivity index (χ0v) is 20.3. The molecule has 0 spiro atoms. The number of hydrogen-bond donors (Lipinski definition) is 0. The molecule has 2 heterocycles. The maximum absolute atomic E-state index is 13.4. The smallest absolute Gasteiger partial charge is 0.342 e. The van der Waals surface area contributed by atoms with Gasteiger partial charge < -0.3 is 14.5 Å². The third-order valence-electron chi connectivity index (χ3n) is 6.05. The Morgan fingerprint density at radius 2 is 1.88 bits per heavy atom. The summed E-state index contributed by atoms with van der Waals surface area (Å²) in [6.45, 7) is 12.0. The molecule has 8 nitrogen and oxygen atoms in total. The van der Waals surface area contributed by atoms with Gasteiger partial charge in [-0.1, -0.05) is 49.9 Å². The molecule has 2 aromatic rings. The second-order valence-corrected chi connectivity index (χ2v) is 8.47. The van der Waals surface area contributed by atoms with E-state index in [2.05, 4.69) is 16.5 Å². The minimum atomic E-state index is -0.656. The third-order valence-corrected chi connectivity index (χ3v) is 6.05. The van der Waals surface area contributed by atoms with Crippen molar-refractivity contribution < 1.29 is 19.1 Å². The molecule has 1 aromatic carbocycles. The number of carbonyl (C=O) groups excluding carboxylic acids is 3. The van der Waals surface area contributed by atoms with Gasteiger partial charge in [0.25, 0.3) is 5.91 Å². The first-order valence-electron chi connectivity index (χ1n) is 11.6. The minimum absolute atomic E-state index is 0.0254. The van der Waals surface area contributed by atoms with Crippen LogP contribution in [-0.2, 0) is 9.53 Å². The van der Waals surface area contributed by atoms with Crippen molar-refractivity contribution in [2.45, 2.75) is 46.1 Å². The van der Waals surface area contributed by atoms with Crippen molar-refractivity contribution in [3.05, 3.63) is 71.3 Å². The summed E-state index contributed by atoms with van der Waals surface area (Å²) < 4.78 is 5.17. The number of piperazine rings is 1. The van der Waals surface area contributed by atoms with Gasteiger partial charge in [0, 0.05) is 25.7 Å². The highest BCUT2D eigenvalue weighted by Gasteiger charge is 2.35. The van der Waals surface area contributed by atoms with E-state index in [1.807, 2.05) is 49.1 Å². The van der Waals surface area contributed by atoms with Crippen LogP contribution in [0.15, 0.2) is 43.0 Å². The van der Waals surface area contributed by atoms with Crippen LogP contribution in [0, 0.1) is 13.8 Å². The summed E-state index contributed by atoms with van der Waals surface area (Å²) in [5.74, 6) is -0.777. The Morgan fingerprint density at radius 3 is 2.50 bits per heavy atom. The van der Waals surface area contributed by atoms with Crippen molar-refractivity contribution >= 4 is 17.8 Å². The number of ether oxygens (including phenoxy) is 1. The number of nitrogens with zero attached hydrogens (tertiary/aromatic N) is 4. The van der Waals surface area contributed by atoms with Crippen LogP contribution < -0.4 is 0 Å². The van der Waals surface area contributed by atoms with Gasteiger partial charge in [0.05, 0.1) is 11.6 Å². The fraction of sp³-hybridized carbons (Fsp3) is 0.423. The Labute approximate surface area is 200 Å². The van der Waals surface area contributed by atoms with Gasteiger partial charge >= 0.3 is 5.97 Å². The predicted octanol–water partition coefficient (Wildman–Crippen LogP) is 3.30. The molecule has 1 aliphatic rings. The first kappa shape index (κ1) is 25.1. The number of hydrogen-bond acceptors (Lipinski definition) is 6. The Balaban J connectivity index is 1.79. The normalized spacial score (nSPS) is 16.6. The molecular weight excluding hydrogens is 432 g/mol. The van der Waals surface area contributed by atoms with Crippen LogP contribution in [0.2, 0.25) is 0 Å². The molecule has 1 saturated heterocycles. The Kier molecular flexibility index (Phi) is 8.15. The van der Waals surface area contributed by atoms with Gasteiger partial charge in [-0.15, -0.1) is 0 Å². The second-order valence-electron chi connectivity index (χ2n) is 8.47. The molecule has 0 radical (unpaired) electrons. The van der Waals surface area contributed by atoms with Crippen LogP contribution in [0.1, 0.15) is 64.1 Å². The highest BCUT2D eigenvalue weighted by Crippen LogP contribution is 2.25. The summed E-state index contributed by atoms with van der Waals surface area (Å²) in [6, 6.07) is 9.59. The highest BCUT2D eigenvalue weighted by molar-refractivity contribution is 6.04. The quantitative estimate of drug-likeness (QED) is 0.461. The van der Waals surface area contributed by atoms with Crippen molar-refractivity contribution in [2.24, 2.45) is 0 Å². The fourth-order valence-electron chi connectivity index (χ4n) is 4.38.